The second-order valence-corrected chi connectivity index (χ2v) is 2.85. The fraction of sp³-hybridized carbons (Fsp3) is 0. The maximum Gasteiger partial charge on any atom is 0.283 e. The zero-order valence-electron chi connectivity index (χ0n) is 7.99. The number of phenols is 2. The highest BCUT2D eigenvalue weighted by Gasteiger charge is 1.99. The van der Waals surface area contributed by atoms with Crippen LogP contribution in [0.4, 0.5) is 5.95 Å². The summed E-state index contributed by atoms with van der Waals surface area (Å²) < 4.78 is 0. The lowest BCUT2D eigenvalue weighted by atomic mass is 10.2. The predicted molar refractivity (Wildman–Crippen MR) is 55.2 cm³/mol. The van der Waals surface area contributed by atoms with Crippen molar-refractivity contribution in [1.29, 1.82) is 0 Å². The number of phenolic OH excluding ortho intramolecular Hbond substituents is 2. The first kappa shape index (κ1) is 9.90. The SMILES string of the molecule is Oc1ccc(/C=N\Nc2nn[nH]n2)c(O)c1. The summed E-state index contributed by atoms with van der Waals surface area (Å²) in [5, 5.41) is 35.0. The van der Waals surface area contributed by atoms with Gasteiger partial charge < -0.3 is 10.2 Å². The van der Waals surface area contributed by atoms with Crippen molar-refractivity contribution >= 4 is 12.2 Å². The second-order valence-electron chi connectivity index (χ2n) is 2.85. The number of nitrogens with one attached hydrogen (secondary N) is 2. The first-order valence-corrected chi connectivity index (χ1v) is 4.30. The van der Waals surface area contributed by atoms with E-state index in [-0.39, 0.29) is 17.4 Å². The standard InChI is InChI=1S/C8H8N6O2/c15-6-2-1-5(7(16)3-6)4-9-10-8-11-13-14-12-8/h1-4,15-16H,(H2,10,11,12,13,14)/b9-4-. The van der Waals surface area contributed by atoms with E-state index in [2.05, 4.69) is 31.2 Å². The molecule has 1 heterocycles. The monoisotopic (exact) mass is 220 g/mol. The molecular weight excluding hydrogens is 212 g/mol. The number of H-pyrrole nitrogens is 1. The molecule has 1 aromatic carbocycles. The largest absolute Gasteiger partial charge is 0.508 e. The summed E-state index contributed by atoms with van der Waals surface area (Å²) in [6, 6.07) is 4.18. The molecule has 0 spiro atoms. The van der Waals surface area contributed by atoms with E-state index in [0.29, 0.717) is 5.56 Å². The van der Waals surface area contributed by atoms with E-state index in [1.165, 1.54) is 24.4 Å². The molecule has 0 aliphatic rings. The van der Waals surface area contributed by atoms with Gasteiger partial charge in [-0.25, -0.2) is 5.43 Å². The van der Waals surface area contributed by atoms with E-state index in [9.17, 15) is 5.11 Å². The Morgan fingerprint density at radius 2 is 2.25 bits per heavy atom. The molecule has 0 bridgehead atoms. The lowest BCUT2D eigenvalue weighted by Crippen LogP contribution is -1.92. The first-order valence-electron chi connectivity index (χ1n) is 4.30. The molecule has 2 aromatic rings. The molecule has 0 aliphatic heterocycles. The van der Waals surface area contributed by atoms with Gasteiger partial charge in [-0.15, -0.1) is 5.10 Å². The van der Waals surface area contributed by atoms with Crippen molar-refractivity contribution in [1.82, 2.24) is 20.6 Å². The molecule has 0 fully saturated rings. The molecule has 8 nitrogen and oxygen atoms in total. The van der Waals surface area contributed by atoms with E-state index in [1.54, 1.807) is 0 Å². The van der Waals surface area contributed by atoms with Crippen molar-refractivity contribution in [3.8, 4) is 11.5 Å². The zero-order valence-corrected chi connectivity index (χ0v) is 7.99. The van der Waals surface area contributed by atoms with Gasteiger partial charge in [-0.1, -0.05) is 5.10 Å². The minimum Gasteiger partial charge on any atom is -0.508 e. The van der Waals surface area contributed by atoms with Gasteiger partial charge in [0.2, 0.25) is 0 Å². The van der Waals surface area contributed by atoms with Gasteiger partial charge in [-0.3, -0.25) is 0 Å². The molecule has 0 unspecified atom stereocenters. The number of tetrazole rings is 1. The van der Waals surface area contributed by atoms with E-state index in [0.717, 1.165) is 0 Å². The van der Waals surface area contributed by atoms with Crippen LogP contribution < -0.4 is 5.43 Å². The summed E-state index contributed by atoms with van der Waals surface area (Å²) in [4.78, 5) is 0. The number of hydrazone groups is 1. The van der Waals surface area contributed by atoms with Crippen molar-refractivity contribution < 1.29 is 10.2 Å². The molecule has 0 atom stereocenters. The Labute approximate surface area is 89.6 Å². The smallest absolute Gasteiger partial charge is 0.283 e. The van der Waals surface area contributed by atoms with E-state index < -0.39 is 0 Å². The number of rotatable bonds is 3. The minimum atomic E-state index is -0.0707. The molecular formula is C8H8N6O2. The first-order chi connectivity index (χ1) is 7.75. The third-order valence-corrected chi connectivity index (χ3v) is 1.73. The van der Waals surface area contributed by atoms with Crippen LogP contribution in [0, 0.1) is 0 Å². The molecule has 0 radical (unpaired) electrons. The third kappa shape index (κ3) is 2.23. The predicted octanol–water partition coefficient (Wildman–Crippen LogP) is 0.0569. The fourth-order valence-electron chi connectivity index (χ4n) is 1.01. The summed E-state index contributed by atoms with van der Waals surface area (Å²) in [6.45, 7) is 0. The average Bonchev–Trinajstić information content (AvgIpc) is 2.74. The van der Waals surface area contributed by atoms with Gasteiger partial charge in [0.25, 0.3) is 5.95 Å². The maximum absolute atomic E-state index is 9.42. The van der Waals surface area contributed by atoms with Gasteiger partial charge in [-0.05, 0) is 17.3 Å². The van der Waals surface area contributed by atoms with E-state index >= 15 is 0 Å². The molecule has 0 saturated carbocycles. The van der Waals surface area contributed by atoms with Crippen LogP contribution >= 0.6 is 0 Å². The van der Waals surface area contributed by atoms with E-state index in [4.69, 9.17) is 5.11 Å². The second kappa shape index (κ2) is 4.26. The van der Waals surface area contributed by atoms with Crippen LogP contribution in [-0.4, -0.2) is 37.1 Å². The van der Waals surface area contributed by atoms with Gasteiger partial charge in [0.1, 0.15) is 11.5 Å². The Kier molecular flexibility index (Phi) is 2.63. The van der Waals surface area contributed by atoms with Gasteiger partial charge in [-0.2, -0.15) is 10.3 Å². The minimum absolute atomic E-state index is 0.0132. The number of aromatic hydroxyl groups is 2. The van der Waals surface area contributed by atoms with Crippen LogP contribution in [0.5, 0.6) is 11.5 Å². The van der Waals surface area contributed by atoms with Crippen molar-refractivity contribution in [2.24, 2.45) is 5.10 Å². The fourth-order valence-corrected chi connectivity index (χ4v) is 1.01. The summed E-state index contributed by atoms with van der Waals surface area (Å²) in [6.07, 6.45) is 1.37. The molecule has 0 aliphatic carbocycles. The lowest BCUT2D eigenvalue weighted by molar-refractivity contribution is 0.450. The van der Waals surface area contributed by atoms with Crippen LogP contribution in [0.3, 0.4) is 0 Å². The number of aromatic amines is 1. The van der Waals surface area contributed by atoms with Gasteiger partial charge in [0.05, 0.1) is 6.21 Å². The van der Waals surface area contributed by atoms with Crippen LogP contribution in [0.1, 0.15) is 5.56 Å². The number of hydrogen-bond donors (Lipinski definition) is 4. The van der Waals surface area contributed by atoms with Crippen molar-refractivity contribution in [2.75, 3.05) is 5.43 Å². The Bertz CT molecular complexity index is 495. The Morgan fingerprint density at radius 1 is 1.38 bits per heavy atom. The normalized spacial score (nSPS) is 10.8. The molecule has 8 heteroatoms. The van der Waals surface area contributed by atoms with Crippen molar-refractivity contribution in [3.05, 3.63) is 23.8 Å². The maximum atomic E-state index is 9.42. The topological polar surface area (TPSA) is 119 Å². The number of nitrogens with zero attached hydrogens (tertiary/aromatic N) is 4. The van der Waals surface area contributed by atoms with E-state index in [1.807, 2.05) is 0 Å². The van der Waals surface area contributed by atoms with Crippen LogP contribution in [0.25, 0.3) is 0 Å². The van der Waals surface area contributed by atoms with Crippen molar-refractivity contribution in [3.63, 3.8) is 0 Å². The van der Waals surface area contributed by atoms with Crippen LogP contribution in [0.2, 0.25) is 0 Å². The molecule has 16 heavy (non-hydrogen) atoms. The highest BCUT2D eigenvalue weighted by molar-refractivity contribution is 5.84. The third-order valence-electron chi connectivity index (χ3n) is 1.73. The van der Waals surface area contributed by atoms with Gasteiger partial charge >= 0.3 is 0 Å². The Morgan fingerprint density at radius 3 is 2.94 bits per heavy atom. The number of aromatic nitrogens is 4. The molecule has 0 amide bonds. The number of anilines is 1. The lowest BCUT2D eigenvalue weighted by Gasteiger charge is -1.98. The molecule has 2 rings (SSSR count). The molecule has 4 N–H and O–H groups in total. The highest BCUT2D eigenvalue weighted by atomic mass is 16.3. The summed E-state index contributed by atoms with van der Waals surface area (Å²) in [5.74, 6) is 0.133. The van der Waals surface area contributed by atoms with Gasteiger partial charge in [0, 0.05) is 11.6 Å². The van der Waals surface area contributed by atoms with Gasteiger partial charge in [0.15, 0.2) is 0 Å². The highest BCUT2D eigenvalue weighted by Crippen LogP contribution is 2.20. The average molecular weight is 220 g/mol. The Balaban J connectivity index is 2.06. The summed E-state index contributed by atoms with van der Waals surface area (Å²) in [7, 11) is 0. The number of hydrogen-bond acceptors (Lipinski definition) is 7. The van der Waals surface area contributed by atoms with Crippen LogP contribution in [-0.2, 0) is 0 Å². The molecule has 0 saturated heterocycles. The van der Waals surface area contributed by atoms with Crippen molar-refractivity contribution in [2.45, 2.75) is 0 Å². The Hall–Kier alpha value is -2.64. The summed E-state index contributed by atoms with van der Waals surface area (Å²) >= 11 is 0. The molecule has 1 aromatic heterocycles. The molecule has 82 valence electrons. The summed E-state index contributed by atoms with van der Waals surface area (Å²) in [5.41, 5.74) is 2.95. The quantitative estimate of drug-likeness (QED) is 0.429. The zero-order chi connectivity index (χ0) is 11.4. The number of benzene rings is 1. The van der Waals surface area contributed by atoms with Crippen LogP contribution in [0.15, 0.2) is 23.3 Å².